The van der Waals surface area contributed by atoms with E-state index in [2.05, 4.69) is 27.9 Å². The van der Waals surface area contributed by atoms with E-state index in [1.807, 2.05) is 49.2 Å². The third-order valence-electron chi connectivity index (χ3n) is 3.31. The first-order chi connectivity index (χ1) is 10.5. The Kier molecular flexibility index (Phi) is 5.63. The number of thiophene rings is 1. The highest BCUT2D eigenvalue weighted by Crippen LogP contribution is 2.24. The number of aromatic nitrogens is 1. The molecule has 0 saturated carbocycles. The van der Waals surface area contributed by atoms with Crippen molar-refractivity contribution in [2.45, 2.75) is 26.0 Å². The fourth-order valence-corrected chi connectivity index (χ4v) is 2.88. The summed E-state index contributed by atoms with van der Waals surface area (Å²) in [6.07, 6.45) is 4.06. The Bertz CT molecular complexity index is 601. The second kappa shape index (κ2) is 7.47. The van der Waals surface area contributed by atoms with Crippen LogP contribution in [0.1, 0.15) is 24.3 Å². The van der Waals surface area contributed by atoms with Crippen LogP contribution in [0.2, 0.25) is 0 Å². The SMILES string of the molecule is CCNC(=NCc1ccn(C)c1)NCC(C)(O)c1cccs1. The summed E-state index contributed by atoms with van der Waals surface area (Å²) in [5, 5.41) is 18.9. The summed E-state index contributed by atoms with van der Waals surface area (Å²) >= 11 is 1.55. The molecule has 3 N–H and O–H groups in total. The average molecular weight is 320 g/mol. The van der Waals surface area contributed by atoms with Crippen molar-refractivity contribution < 1.29 is 5.11 Å². The molecular formula is C16H24N4OS. The molecule has 22 heavy (non-hydrogen) atoms. The average Bonchev–Trinajstić information content (AvgIpc) is 3.13. The van der Waals surface area contributed by atoms with Gasteiger partial charge in [-0.25, -0.2) is 4.99 Å². The van der Waals surface area contributed by atoms with Crippen molar-refractivity contribution in [3.63, 3.8) is 0 Å². The zero-order valence-electron chi connectivity index (χ0n) is 13.3. The van der Waals surface area contributed by atoms with Crippen molar-refractivity contribution >= 4 is 17.3 Å². The van der Waals surface area contributed by atoms with Gasteiger partial charge in [0.05, 0.1) is 13.1 Å². The molecule has 1 atom stereocenters. The fraction of sp³-hybridized carbons (Fsp3) is 0.438. The summed E-state index contributed by atoms with van der Waals surface area (Å²) in [7, 11) is 1.99. The number of aryl methyl sites for hydroxylation is 1. The van der Waals surface area contributed by atoms with Gasteiger partial charge in [0.2, 0.25) is 0 Å². The third-order valence-corrected chi connectivity index (χ3v) is 4.43. The summed E-state index contributed by atoms with van der Waals surface area (Å²) in [4.78, 5) is 5.50. The minimum Gasteiger partial charge on any atom is -0.383 e. The Morgan fingerprint density at radius 1 is 1.41 bits per heavy atom. The number of aliphatic imine (C=N–C) groups is 1. The van der Waals surface area contributed by atoms with Gasteiger partial charge in [-0.1, -0.05) is 6.07 Å². The summed E-state index contributed by atoms with van der Waals surface area (Å²) in [5.41, 5.74) is 0.251. The van der Waals surface area contributed by atoms with Crippen molar-refractivity contribution in [3.05, 3.63) is 46.4 Å². The zero-order valence-corrected chi connectivity index (χ0v) is 14.2. The lowest BCUT2D eigenvalue weighted by molar-refractivity contribution is 0.0655. The van der Waals surface area contributed by atoms with Gasteiger partial charge in [0.1, 0.15) is 5.60 Å². The van der Waals surface area contributed by atoms with E-state index in [1.54, 1.807) is 11.3 Å². The van der Waals surface area contributed by atoms with Gasteiger partial charge >= 0.3 is 0 Å². The number of nitrogens with zero attached hydrogens (tertiary/aromatic N) is 2. The van der Waals surface area contributed by atoms with E-state index in [9.17, 15) is 5.11 Å². The lowest BCUT2D eigenvalue weighted by Crippen LogP contribution is -2.44. The lowest BCUT2D eigenvalue weighted by Gasteiger charge is -2.23. The van der Waals surface area contributed by atoms with Crippen LogP contribution in [0.4, 0.5) is 0 Å². The van der Waals surface area contributed by atoms with E-state index >= 15 is 0 Å². The predicted molar refractivity (Wildman–Crippen MR) is 92.1 cm³/mol. The first-order valence-electron chi connectivity index (χ1n) is 7.40. The molecule has 0 aromatic carbocycles. The Hall–Kier alpha value is -1.79. The smallest absolute Gasteiger partial charge is 0.191 e. The van der Waals surface area contributed by atoms with Crippen LogP contribution in [-0.4, -0.2) is 28.7 Å². The molecule has 0 fully saturated rings. The first kappa shape index (κ1) is 16.6. The molecule has 2 rings (SSSR count). The van der Waals surface area contributed by atoms with E-state index in [0.29, 0.717) is 19.0 Å². The molecule has 2 heterocycles. The van der Waals surface area contributed by atoms with E-state index < -0.39 is 5.60 Å². The highest BCUT2D eigenvalue weighted by molar-refractivity contribution is 7.10. The van der Waals surface area contributed by atoms with Crippen LogP contribution in [0, 0.1) is 0 Å². The third kappa shape index (κ3) is 4.61. The fourth-order valence-electron chi connectivity index (χ4n) is 2.09. The number of aliphatic hydroxyl groups is 1. The molecule has 2 aromatic rings. The molecular weight excluding hydrogens is 296 g/mol. The summed E-state index contributed by atoms with van der Waals surface area (Å²) in [6, 6.07) is 5.94. The maximum Gasteiger partial charge on any atom is 0.191 e. The number of guanidine groups is 1. The minimum atomic E-state index is -0.906. The van der Waals surface area contributed by atoms with Gasteiger partial charge in [0.15, 0.2) is 5.96 Å². The van der Waals surface area contributed by atoms with Gasteiger partial charge in [-0.2, -0.15) is 0 Å². The van der Waals surface area contributed by atoms with E-state index in [-0.39, 0.29) is 0 Å². The molecule has 0 aliphatic heterocycles. The predicted octanol–water partition coefficient (Wildman–Crippen LogP) is 2.05. The van der Waals surface area contributed by atoms with Crippen LogP contribution in [0.15, 0.2) is 41.0 Å². The van der Waals surface area contributed by atoms with Gasteiger partial charge in [-0.3, -0.25) is 0 Å². The van der Waals surface area contributed by atoms with E-state index in [0.717, 1.165) is 17.0 Å². The van der Waals surface area contributed by atoms with Crippen molar-refractivity contribution in [2.24, 2.45) is 12.0 Å². The monoisotopic (exact) mass is 320 g/mol. The van der Waals surface area contributed by atoms with Crippen LogP contribution >= 0.6 is 11.3 Å². The Balaban J connectivity index is 1.96. The Morgan fingerprint density at radius 2 is 2.23 bits per heavy atom. The van der Waals surface area contributed by atoms with Crippen molar-refractivity contribution in [1.29, 1.82) is 0 Å². The second-order valence-corrected chi connectivity index (χ2v) is 6.43. The van der Waals surface area contributed by atoms with Gasteiger partial charge in [-0.05, 0) is 36.9 Å². The number of hydrogen-bond donors (Lipinski definition) is 3. The van der Waals surface area contributed by atoms with Crippen LogP contribution in [0.3, 0.4) is 0 Å². The van der Waals surface area contributed by atoms with E-state index in [4.69, 9.17) is 0 Å². The molecule has 0 amide bonds. The zero-order chi connectivity index (χ0) is 16.0. The quantitative estimate of drug-likeness (QED) is 0.564. The molecule has 0 saturated heterocycles. The van der Waals surface area contributed by atoms with E-state index in [1.165, 1.54) is 0 Å². The van der Waals surface area contributed by atoms with Gasteiger partial charge in [0, 0.05) is 30.9 Å². The number of hydrogen-bond acceptors (Lipinski definition) is 3. The Labute approximate surface area is 135 Å². The van der Waals surface area contributed by atoms with Crippen molar-refractivity contribution in [1.82, 2.24) is 15.2 Å². The molecule has 0 aliphatic carbocycles. The number of nitrogens with one attached hydrogen (secondary N) is 2. The van der Waals surface area contributed by atoms with Crippen LogP contribution < -0.4 is 10.6 Å². The minimum absolute atomic E-state index is 0.411. The molecule has 0 bridgehead atoms. The van der Waals surface area contributed by atoms with Crippen LogP contribution in [0.5, 0.6) is 0 Å². The van der Waals surface area contributed by atoms with Gasteiger partial charge in [-0.15, -0.1) is 11.3 Å². The molecule has 6 heteroatoms. The normalized spacial score (nSPS) is 14.6. The summed E-state index contributed by atoms with van der Waals surface area (Å²) in [6.45, 7) is 5.64. The molecule has 5 nitrogen and oxygen atoms in total. The highest BCUT2D eigenvalue weighted by Gasteiger charge is 2.24. The summed E-state index contributed by atoms with van der Waals surface area (Å²) < 4.78 is 2.01. The highest BCUT2D eigenvalue weighted by atomic mass is 32.1. The molecule has 0 radical (unpaired) electrons. The molecule has 120 valence electrons. The maximum absolute atomic E-state index is 10.5. The molecule has 0 aliphatic rings. The largest absolute Gasteiger partial charge is 0.383 e. The topological polar surface area (TPSA) is 61.6 Å². The molecule has 0 spiro atoms. The maximum atomic E-state index is 10.5. The summed E-state index contributed by atoms with van der Waals surface area (Å²) in [5.74, 6) is 0.711. The van der Waals surface area contributed by atoms with Gasteiger partial charge in [0.25, 0.3) is 0 Å². The second-order valence-electron chi connectivity index (χ2n) is 5.49. The van der Waals surface area contributed by atoms with Crippen molar-refractivity contribution in [2.75, 3.05) is 13.1 Å². The van der Waals surface area contributed by atoms with Crippen LogP contribution in [0.25, 0.3) is 0 Å². The Morgan fingerprint density at radius 3 is 2.82 bits per heavy atom. The molecule has 1 unspecified atom stereocenters. The van der Waals surface area contributed by atoms with Crippen molar-refractivity contribution in [3.8, 4) is 0 Å². The van der Waals surface area contributed by atoms with Gasteiger partial charge < -0.3 is 20.3 Å². The first-order valence-corrected chi connectivity index (χ1v) is 8.28. The molecule has 2 aromatic heterocycles. The standard InChI is InChI=1S/C16H24N4OS/c1-4-17-15(18-10-13-7-8-20(3)11-13)19-12-16(2,21)14-6-5-9-22-14/h5-9,11,21H,4,10,12H2,1-3H3,(H2,17,18,19). The lowest BCUT2D eigenvalue weighted by atomic mass is 10.1. The number of rotatable bonds is 6. The van der Waals surface area contributed by atoms with Crippen LogP contribution in [-0.2, 0) is 19.2 Å².